The SMILES string of the molecule is C(CCCNC(=NC1CCCCC1)NC1CCCCC1)CCNCCCCCCNC(=NC1CCCCC1)NC1CCCCC1.Cl.Cl.Cl. The maximum absolute atomic E-state index is 5.15. The Morgan fingerprint density at radius 1 is 0.375 bits per heavy atom. The van der Waals surface area contributed by atoms with Gasteiger partial charge in [-0.3, -0.25) is 0 Å². The summed E-state index contributed by atoms with van der Waals surface area (Å²) >= 11 is 0. The van der Waals surface area contributed by atoms with Crippen LogP contribution in [-0.4, -0.2) is 62.3 Å². The van der Waals surface area contributed by atoms with Crippen LogP contribution in [-0.2, 0) is 0 Å². The first kappa shape index (κ1) is 45.4. The van der Waals surface area contributed by atoms with Crippen molar-refractivity contribution in [1.29, 1.82) is 0 Å². The highest BCUT2D eigenvalue weighted by Gasteiger charge is 2.19. The molecule has 0 amide bonds. The third-order valence-electron chi connectivity index (χ3n) is 10.8. The van der Waals surface area contributed by atoms with Crippen molar-refractivity contribution in [3.63, 3.8) is 0 Å². The lowest BCUT2D eigenvalue weighted by Crippen LogP contribution is -2.45. The maximum atomic E-state index is 5.15. The molecule has 4 aliphatic rings. The molecule has 0 bridgehead atoms. The van der Waals surface area contributed by atoms with Gasteiger partial charge in [0.15, 0.2) is 11.9 Å². The standard InChI is InChI=1S/C38H73N7.3ClH/c1(3-19-31-40-37(42-33-21-9-5-10-22-33)43-34-23-11-6-12-24-34)17-29-39-30-18-2-4-20-32-41-38(44-35-25-13-7-14-26-35)45-36-27-15-8-16-28-36;;;/h33-36,39H,1-32H2,(H2,40,42,43)(H2,41,44,45);3*1H. The van der Waals surface area contributed by atoms with Crippen LogP contribution in [0, 0.1) is 0 Å². The van der Waals surface area contributed by atoms with Crippen LogP contribution < -0.4 is 26.6 Å². The van der Waals surface area contributed by atoms with Crippen LogP contribution in [0.3, 0.4) is 0 Å². The Balaban J connectivity index is 0.00000384. The Morgan fingerprint density at radius 3 is 1.04 bits per heavy atom. The summed E-state index contributed by atoms with van der Waals surface area (Å²) in [6.45, 7) is 4.44. The molecule has 7 nitrogen and oxygen atoms in total. The Kier molecular flexibility index (Phi) is 28.4. The second kappa shape index (κ2) is 30.0. The molecule has 4 fully saturated rings. The first-order valence-electron chi connectivity index (χ1n) is 20.2. The van der Waals surface area contributed by atoms with Crippen molar-refractivity contribution in [2.75, 3.05) is 26.2 Å². The number of nitrogens with one attached hydrogen (secondary N) is 5. The van der Waals surface area contributed by atoms with E-state index in [0.29, 0.717) is 24.2 Å². The fourth-order valence-electron chi connectivity index (χ4n) is 7.93. The second-order valence-corrected chi connectivity index (χ2v) is 14.9. The van der Waals surface area contributed by atoms with Crippen molar-refractivity contribution >= 4 is 49.1 Å². The van der Waals surface area contributed by atoms with Crippen LogP contribution in [0.1, 0.15) is 180 Å². The summed E-state index contributed by atoms with van der Waals surface area (Å²) in [6, 6.07) is 2.32. The van der Waals surface area contributed by atoms with Gasteiger partial charge >= 0.3 is 0 Å². The molecule has 284 valence electrons. The second-order valence-electron chi connectivity index (χ2n) is 14.9. The molecule has 0 aromatic rings. The molecule has 0 radical (unpaired) electrons. The van der Waals surface area contributed by atoms with Crippen molar-refractivity contribution in [1.82, 2.24) is 26.6 Å². The average Bonchev–Trinajstić information content (AvgIpc) is 3.08. The molecule has 5 N–H and O–H groups in total. The maximum Gasteiger partial charge on any atom is 0.191 e. The number of halogens is 3. The van der Waals surface area contributed by atoms with Crippen LogP contribution in [0.25, 0.3) is 0 Å². The molecule has 0 atom stereocenters. The number of guanidine groups is 2. The molecule has 0 spiro atoms. The molecular formula is C38H76Cl3N7. The minimum atomic E-state index is 0. The van der Waals surface area contributed by atoms with Gasteiger partial charge < -0.3 is 26.6 Å². The molecule has 0 aliphatic heterocycles. The van der Waals surface area contributed by atoms with Crippen LogP contribution in [0.4, 0.5) is 0 Å². The topological polar surface area (TPSA) is 84.9 Å². The Labute approximate surface area is 314 Å². The predicted octanol–water partition coefficient (Wildman–Crippen LogP) is 9.36. The molecule has 10 heteroatoms. The van der Waals surface area contributed by atoms with Gasteiger partial charge in [-0.2, -0.15) is 0 Å². The number of hydrogen-bond acceptors (Lipinski definition) is 3. The summed E-state index contributed by atoms with van der Waals surface area (Å²) in [7, 11) is 0. The average molecular weight is 737 g/mol. The zero-order valence-electron chi connectivity index (χ0n) is 30.6. The number of aliphatic imine (C=N–C) groups is 2. The normalized spacial score (nSPS) is 20.6. The van der Waals surface area contributed by atoms with E-state index in [1.54, 1.807) is 0 Å². The fraction of sp³-hybridized carbons (Fsp3) is 0.947. The predicted molar refractivity (Wildman–Crippen MR) is 216 cm³/mol. The molecule has 0 aromatic heterocycles. The molecule has 48 heavy (non-hydrogen) atoms. The molecule has 0 heterocycles. The van der Waals surface area contributed by atoms with Crippen LogP contribution in [0.15, 0.2) is 9.98 Å². The first-order chi connectivity index (χ1) is 22.3. The highest BCUT2D eigenvalue weighted by molar-refractivity contribution is 5.86. The summed E-state index contributed by atoms with van der Waals surface area (Å²) < 4.78 is 0. The Hall–Kier alpha value is -0.630. The van der Waals surface area contributed by atoms with Crippen molar-refractivity contribution in [3.05, 3.63) is 0 Å². The van der Waals surface area contributed by atoms with E-state index in [4.69, 9.17) is 9.98 Å². The van der Waals surface area contributed by atoms with Crippen LogP contribution in [0.2, 0.25) is 0 Å². The summed E-state index contributed by atoms with van der Waals surface area (Å²) in [5, 5.41) is 18.7. The van der Waals surface area contributed by atoms with Gasteiger partial charge in [-0.25, -0.2) is 9.98 Å². The fourth-order valence-corrected chi connectivity index (χ4v) is 7.93. The third kappa shape index (κ3) is 20.9. The van der Waals surface area contributed by atoms with E-state index in [1.807, 2.05) is 0 Å². The molecular weight excluding hydrogens is 661 g/mol. The van der Waals surface area contributed by atoms with Gasteiger partial charge in [-0.15, -0.1) is 37.2 Å². The minimum absolute atomic E-state index is 0. The van der Waals surface area contributed by atoms with Gasteiger partial charge in [0.25, 0.3) is 0 Å². The van der Waals surface area contributed by atoms with Crippen molar-refractivity contribution in [2.24, 2.45) is 9.98 Å². The molecule has 4 saturated carbocycles. The molecule has 4 aliphatic carbocycles. The third-order valence-corrected chi connectivity index (χ3v) is 10.8. The number of rotatable bonds is 18. The lowest BCUT2D eigenvalue weighted by molar-refractivity contribution is 0.404. The van der Waals surface area contributed by atoms with Crippen LogP contribution in [0.5, 0.6) is 0 Å². The molecule has 0 unspecified atom stereocenters. The lowest BCUT2D eigenvalue weighted by Gasteiger charge is -2.27. The number of hydrogen-bond donors (Lipinski definition) is 5. The van der Waals surface area contributed by atoms with E-state index in [2.05, 4.69) is 26.6 Å². The minimum Gasteiger partial charge on any atom is -0.356 e. The van der Waals surface area contributed by atoms with Gasteiger partial charge in [-0.1, -0.05) is 103 Å². The summed E-state index contributed by atoms with van der Waals surface area (Å²) in [5.74, 6) is 2.21. The Morgan fingerprint density at radius 2 is 0.688 bits per heavy atom. The number of unbranched alkanes of at least 4 members (excludes halogenated alkanes) is 6. The van der Waals surface area contributed by atoms with Crippen molar-refractivity contribution < 1.29 is 0 Å². The highest BCUT2D eigenvalue weighted by Crippen LogP contribution is 2.22. The first-order valence-corrected chi connectivity index (χ1v) is 20.2. The van der Waals surface area contributed by atoms with Gasteiger partial charge in [0.05, 0.1) is 12.1 Å². The van der Waals surface area contributed by atoms with Crippen molar-refractivity contribution in [2.45, 2.75) is 204 Å². The smallest absolute Gasteiger partial charge is 0.191 e. The Bertz CT molecular complexity index is 727. The summed E-state index contributed by atoms with van der Waals surface area (Å²) in [5.41, 5.74) is 0. The lowest BCUT2D eigenvalue weighted by atomic mass is 9.95. The van der Waals surface area contributed by atoms with Gasteiger partial charge in [0.1, 0.15) is 0 Å². The zero-order valence-corrected chi connectivity index (χ0v) is 33.0. The molecule has 0 saturated heterocycles. The van der Waals surface area contributed by atoms with E-state index in [9.17, 15) is 0 Å². The van der Waals surface area contributed by atoms with Gasteiger partial charge in [0, 0.05) is 25.2 Å². The quantitative estimate of drug-likeness (QED) is 0.0551. The highest BCUT2D eigenvalue weighted by atomic mass is 35.5. The molecule has 4 rings (SSSR count). The van der Waals surface area contributed by atoms with E-state index in [0.717, 1.165) is 25.0 Å². The van der Waals surface area contributed by atoms with Crippen LogP contribution >= 0.6 is 37.2 Å². The molecule has 0 aromatic carbocycles. The van der Waals surface area contributed by atoms with E-state index in [-0.39, 0.29) is 37.2 Å². The monoisotopic (exact) mass is 736 g/mol. The summed E-state index contributed by atoms with van der Waals surface area (Å²) in [4.78, 5) is 10.3. The summed E-state index contributed by atoms with van der Waals surface area (Å²) in [6.07, 6.45) is 37.2. The zero-order chi connectivity index (χ0) is 31.0. The van der Waals surface area contributed by atoms with Gasteiger partial charge in [0.2, 0.25) is 0 Å². The van der Waals surface area contributed by atoms with E-state index >= 15 is 0 Å². The van der Waals surface area contributed by atoms with Gasteiger partial charge in [-0.05, 0) is 90.1 Å². The number of nitrogens with zero attached hydrogens (tertiary/aromatic N) is 2. The van der Waals surface area contributed by atoms with E-state index < -0.39 is 0 Å². The van der Waals surface area contributed by atoms with E-state index in [1.165, 1.54) is 193 Å². The van der Waals surface area contributed by atoms with Crippen molar-refractivity contribution in [3.8, 4) is 0 Å². The largest absolute Gasteiger partial charge is 0.356 e.